The molecule has 0 fully saturated rings. The highest BCUT2D eigenvalue weighted by Crippen LogP contribution is 1.82. The van der Waals surface area contributed by atoms with Crippen molar-refractivity contribution < 1.29 is 50.1 Å². The zero-order valence-electron chi connectivity index (χ0n) is 13.0. The normalized spacial score (nSPS) is 8.48. The topological polar surface area (TPSA) is 193 Å². The molecule has 0 aliphatic heterocycles. The second-order valence-corrected chi connectivity index (χ2v) is 3.86. The van der Waals surface area contributed by atoms with Gasteiger partial charge in [0.05, 0.1) is 0 Å². The van der Waals surface area contributed by atoms with Gasteiger partial charge in [0, 0.05) is 16.7 Å². The van der Waals surface area contributed by atoms with E-state index >= 15 is 0 Å². The molecule has 10 nitrogen and oxygen atoms in total. The molecule has 0 saturated heterocycles. The Hall–Kier alpha value is -2.53. The lowest BCUT2D eigenvalue weighted by atomic mass is 10.4. The molecule has 0 aromatic rings. The van der Waals surface area contributed by atoms with Gasteiger partial charge in [-0.1, -0.05) is 19.7 Å². The number of aliphatic carboxylic acids is 3. The van der Waals surface area contributed by atoms with E-state index in [2.05, 4.69) is 19.7 Å². The fourth-order valence-electron chi connectivity index (χ4n) is 0. The molecule has 0 heterocycles. The first-order chi connectivity index (χ1) is 9.93. The second kappa shape index (κ2) is 14.4. The lowest BCUT2D eigenvalue weighted by molar-refractivity contribution is -0.436. The van der Waals surface area contributed by atoms with Crippen LogP contribution in [0.3, 0.4) is 0 Å². The van der Waals surface area contributed by atoms with E-state index in [-0.39, 0.29) is 16.7 Å². The Labute approximate surface area is 132 Å². The number of carbonyl (C=O) groups is 3. The molecule has 0 aromatic carbocycles. The quantitative estimate of drug-likeness (QED) is 0.261. The van der Waals surface area contributed by atoms with E-state index in [9.17, 15) is 14.4 Å². The third kappa shape index (κ3) is 66.3. The predicted molar refractivity (Wildman–Crippen MR) is 79.0 cm³/mol. The summed E-state index contributed by atoms with van der Waals surface area (Å²) in [6, 6.07) is 0. The van der Waals surface area contributed by atoms with E-state index in [0.717, 1.165) is 0 Å². The Bertz CT molecular complexity index is 343. The lowest BCUT2D eigenvalue weighted by Gasteiger charge is -1.99. The maximum atomic E-state index is 9.60. The molecule has 0 aliphatic rings. The number of aliphatic hydroxyl groups is 4. The first-order valence-electron chi connectivity index (χ1n) is 5.49. The lowest BCUT2D eigenvalue weighted by Crippen LogP contribution is -2.25. The van der Waals surface area contributed by atoms with E-state index in [1.807, 2.05) is 0 Å². The maximum Gasteiger partial charge on any atom is 0.402 e. The van der Waals surface area contributed by atoms with Crippen LogP contribution < -0.4 is 0 Å². The molecule has 23 heavy (non-hydrogen) atoms. The highest BCUT2D eigenvalue weighted by atomic mass is 16.8. The summed E-state index contributed by atoms with van der Waals surface area (Å²) in [5.74, 6) is -2.81. The van der Waals surface area contributed by atoms with E-state index in [1.165, 1.54) is 20.8 Å². The molecular weight excluding hydrogens is 316 g/mol. The van der Waals surface area contributed by atoms with Crippen molar-refractivity contribution in [2.45, 2.75) is 26.9 Å². The highest BCUT2D eigenvalue weighted by Gasteiger charge is 2.08. The summed E-state index contributed by atoms with van der Waals surface area (Å²) in [5, 5.41) is 52.4. The van der Waals surface area contributed by atoms with Crippen molar-refractivity contribution in [2.24, 2.45) is 0 Å². The molecule has 0 bridgehead atoms. The van der Waals surface area contributed by atoms with Gasteiger partial charge in [0.15, 0.2) is 0 Å². The van der Waals surface area contributed by atoms with Gasteiger partial charge in [-0.3, -0.25) is 0 Å². The molecule has 0 aromatic heterocycles. The number of carboxylic acids is 3. The van der Waals surface area contributed by atoms with Gasteiger partial charge >= 0.3 is 24.1 Å². The Morgan fingerprint density at radius 2 is 0.652 bits per heavy atom. The van der Waals surface area contributed by atoms with E-state index in [4.69, 9.17) is 35.7 Å². The molecule has 0 saturated carbocycles. The summed E-state index contributed by atoms with van der Waals surface area (Å²) in [5.41, 5.74) is 0.528. The van der Waals surface area contributed by atoms with Crippen molar-refractivity contribution in [2.75, 3.05) is 0 Å². The van der Waals surface area contributed by atoms with Crippen LogP contribution >= 0.6 is 0 Å². The van der Waals surface area contributed by atoms with Gasteiger partial charge in [-0.05, 0) is 20.8 Å². The first-order valence-corrected chi connectivity index (χ1v) is 5.49. The Balaban J connectivity index is -0.000000105. The van der Waals surface area contributed by atoms with Crippen LogP contribution in [-0.4, -0.2) is 59.8 Å². The maximum absolute atomic E-state index is 9.60. The van der Waals surface area contributed by atoms with Crippen molar-refractivity contribution >= 4 is 17.9 Å². The van der Waals surface area contributed by atoms with Gasteiger partial charge in [0.2, 0.25) is 0 Å². The highest BCUT2D eigenvalue weighted by molar-refractivity contribution is 5.85. The van der Waals surface area contributed by atoms with Crippen LogP contribution in [0.5, 0.6) is 0 Å². The Kier molecular flexibility index (Phi) is 17.9. The van der Waals surface area contributed by atoms with Crippen molar-refractivity contribution in [3.63, 3.8) is 0 Å². The molecule has 0 amide bonds. The number of hydrogen-bond donors (Lipinski definition) is 7. The molecule has 0 atom stereocenters. The van der Waals surface area contributed by atoms with Crippen LogP contribution in [0.1, 0.15) is 20.8 Å². The van der Waals surface area contributed by atoms with Gasteiger partial charge in [-0.15, -0.1) is 0 Å². The molecule has 0 radical (unpaired) electrons. The zero-order valence-corrected chi connectivity index (χ0v) is 13.0. The van der Waals surface area contributed by atoms with Gasteiger partial charge in [0.25, 0.3) is 0 Å². The fraction of sp³-hybridized carbons (Fsp3) is 0.308. The smallest absolute Gasteiger partial charge is 0.402 e. The van der Waals surface area contributed by atoms with Crippen LogP contribution in [0.25, 0.3) is 0 Å². The van der Waals surface area contributed by atoms with Crippen LogP contribution in [0.2, 0.25) is 0 Å². The summed E-state index contributed by atoms with van der Waals surface area (Å²) in [7, 11) is 0. The summed E-state index contributed by atoms with van der Waals surface area (Å²) in [4.78, 5) is 28.8. The Morgan fingerprint density at radius 1 is 0.609 bits per heavy atom. The molecule has 0 rings (SSSR count). The number of carboxylic acid groups (broad SMARTS) is 3. The monoisotopic (exact) mass is 338 g/mol. The van der Waals surface area contributed by atoms with Gasteiger partial charge in [-0.25, -0.2) is 14.4 Å². The minimum absolute atomic E-state index is 0.176. The molecule has 10 heteroatoms. The standard InChI is InChI=1S/3C4H6O2.CH4O4/c3*1-3(2)4(5)6;2-1(3,4)5/h3*1H2,2H3,(H,5,6);2-5H. The number of rotatable bonds is 3. The van der Waals surface area contributed by atoms with Crippen LogP contribution in [0, 0.1) is 0 Å². The van der Waals surface area contributed by atoms with E-state index < -0.39 is 24.1 Å². The number of hydrogen-bond acceptors (Lipinski definition) is 7. The Morgan fingerprint density at radius 3 is 0.652 bits per heavy atom. The van der Waals surface area contributed by atoms with Gasteiger partial charge in [0.1, 0.15) is 0 Å². The first kappa shape index (κ1) is 28.6. The third-order valence-electron chi connectivity index (χ3n) is 1.10. The van der Waals surface area contributed by atoms with Crippen molar-refractivity contribution in [1.82, 2.24) is 0 Å². The van der Waals surface area contributed by atoms with E-state index in [0.29, 0.717) is 0 Å². The molecule has 0 aliphatic carbocycles. The van der Waals surface area contributed by atoms with Gasteiger partial charge < -0.3 is 35.7 Å². The minimum Gasteiger partial charge on any atom is -0.478 e. The SMILES string of the molecule is C=C(C)C(=O)O.C=C(C)C(=O)O.C=C(C)C(=O)O.OC(O)(O)O. The minimum atomic E-state index is -3.50. The summed E-state index contributed by atoms with van der Waals surface area (Å²) in [6.07, 6.45) is -3.50. The molecular formula is C13H22O10. The summed E-state index contributed by atoms with van der Waals surface area (Å²) in [6.45, 7) is 13.8. The molecule has 7 N–H and O–H groups in total. The largest absolute Gasteiger partial charge is 0.478 e. The predicted octanol–water partition coefficient (Wildman–Crippen LogP) is -0.492. The summed E-state index contributed by atoms with van der Waals surface area (Å²) < 4.78 is 0. The average molecular weight is 338 g/mol. The summed E-state index contributed by atoms with van der Waals surface area (Å²) >= 11 is 0. The molecule has 0 spiro atoms. The molecule has 0 unspecified atom stereocenters. The van der Waals surface area contributed by atoms with Crippen LogP contribution in [0.15, 0.2) is 36.5 Å². The fourth-order valence-corrected chi connectivity index (χ4v) is 0. The zero-order chi connectivity index (χ0) is 20.0. The van der Waals surface area contributed by atoms with Crippen molar-refractivity contribution in [3.8, 4) is 0 Å². The van der Waals surface area contributed by atoms with Crippen LogP contribution in [-0.2, 0) is 14.4 Å². The van der Waals surface area contributed by atoms with Gasteiger partial charge in [-0.2, -0.15) is 0 Å². The average Bonchev–Trinajstić information content (AvgIpc) is 2.27. The molecule has 134 valence electrons. The van der Waals surface area contributed by atoms with E-state index in [1.54, 1.807) is 0 Å². The van der Waals surface area contributed by atoms with Crippen molar-refractivity contribution in [3.05, 3.63) is 36.5 Å². The van der Waals surface area contributed by atoms with Crippen molar-refractivity contribution in [1.29, 1.82) is 0 Å². The second-order valence-electron chi connectivity index (χ2n) is 3.86. The third-order valence-corrected chi connectivity index (χ3v) is 1.10. The van der Waals surface area contributed by atoms with Crippen LogP contribution in [0.4, 0.5) is 0 Å².